The summed E-state index contributed by atoms with van der Waals surface area (Å²) in [6, 6.07) is 17.6. The van der Waals surface area contributed by atoms with Gasteiger partial charge in [-0.05, 0) is 36.4 Å². The minimum absolute atomic E-state index is 0.0164. The van der Waals surface area contributed by atoms with Crippen LogP contribution < -0.4 is 15.2 Å². The number of ether oxygens (including phenoxy) is 2. The number of hydrogen-bond donors (Lipinski definition) is 2. The average Bonchev–Trinajstić information content (AvgIpc) is 2.72. The van der Waals surface area contributed by atoms with Gasteiger partial charge in [-0.25, -0.2) is 0 Å². The number of nitrogens with zero attached hydrogens (tertiary/aromatic N) is 1. The zero-order valence-electron chi connectivity index (χ0n) is 15.9. The molecule has 1 heterocycles. The molecule has 1 atom stereocenters. The Morgan fingerprint density at radius 3 is 2.65 bits per heavy atom. The normalized spacial score (nSPS) is 15.1. The predicted octanol–water partition coefficient (Wildman–Crippen LogP) is 6.26. The third-order valence-electron chi connectivity index (χ3n) is 4.88. The molecule has 3 aromatic rings. The van der Waals surface area contributed by atoms with Crippen molar-refractivity contribution < 1.29 is 14.6 Å². The van der Waals surface area contributed by atoms with Crippen LogP contribution in [0.5, 0.6) is 17.2 Å². The monoisotopic (exact) mass is 516 g/mol. The summed E-state index contributed by atoms with van der Waals surface area (Å²) in [5.41, 5.74) is 8.47. The first-order valence-corrected chi connectivity index (χ1v) is 10.7. The highest BCUT2D eigenvalue weighted by Crippen LogP contribution is 2.46. The van der Waals surface area contributed by atoms with Gasteiger partial charge in [0.15, 0.2) is 0 Å². The number of hydrogen-bond acceptors (Lipinski definition) is 5. The van der Waals surface area contributed by atoms with Gasteiger partial charge in [-0.15, -0.1) is 0 Å². The van der Waals surface area contributed by atoms with Crippen molar-refractivity contribution in [3.63, 3.8) is 0 Å². The van der Waals surface area contributed by atoms with Gasteiger partial charge in [0.1, 0.15) is 35.5 Å². The number of benzene rings is 3. The quantitative estimate of drug-likeness (QED) is 0.426. The largest absolute Gasteiger partial charge is 0.508 e. The van der Waals surface area contributed by atoms with Gasteiger partial charge in [0.25, 0.3) is 0 Å². The average molecular weight is 518 g/mol. The van der Waals surface area contributed by atoms with Crippen LogP contribution in [0.15, 0.2) is 70.5 Å². The third-order valence-corrected chi connectivity index (χ3v) is 5.96. The summed E-state index contributed by atoms with van der Waals surface area (Å²) in [5.74, 6) is 0.419. The van der Waals surface area contributed by atoms with Crippen LogP contribution in [0, 0.1) is 11.3 Å². The van der Waals surface area contributed by atoms with Gasteiger partial charge in [-0.3, -0.25) is 0 Å². The second-order valence-electron chi connectivity index (χ2n) is 6.85. The van der Waals surface area contributed by atoms with Gasteiger partial charge < -0.3 is 20.3 Å². The number of fused-ring (bicyclic) bond motifs is 1. The summed E-state index contributed by atoms with van der Waals surface area (Å²) in [5, 5.41) is 20.7. The Morgan fingerprint density at radius 2 is 1.90 bits per heavy atom. The molecule has 4 rings (SSSR count). The summed E-state index contributed by atoms with van der Waals surface area (Å²) >= 11 is 15.7. The first-order valence-electron chi connectivity index (χ1n) is 9.14. The van der Waals surface area contributed by atoms with Crippen molar-refractivity contribution >= 4 is 39.1 Å². The van der Waals surface area contributed by atoms with Gasteiger partial charge in [-0.2, -0.15) is 5.26 Å². The first-order chi connectivity index (χ1) is 14.9. The standard InChI is InChI=1S/C23H15BrCl2N2O3/c24-13-2-6-20(30-11-12-1-3-14(25)8-19(12)26)17(7-13)22-16-5-4-15(29)9-21(16)31-23(28)18(22)10-27/h1-9,22,29H,11,28H2/t22-/m1/s1. The molecule has 0 aromatic heterocycles. The molecule has 5 nitrogen and oxygen atoms in total. The first kappa shape index (κ1) is 21.4. The highest BCUT2D eigenvalue weighted by molar-refractivity contribution is 9.10. The molecule has 8 heteroatoms. The van der Waals surface area contributed by atoms with E-state index >= 15 is 0 Å². The van der Waals surface area contributed by atoms with E-state index in [-0.39, 0.29) is 23.8 Å². The molecule has 0 amide bonds. The molecule has 1 aliphatic rings. The van der Waals surface area contributed by atoms with Crippen LogP contribution >= 0.6 is 39.1 Å². The van der Waals surface area contributed by atoms with E-state index < -0.39 is 5.92 Å². The Balaban J connectivity index is 1.79. The SMILES string of the molecule is N#CC1=C(N)Oc2cc(O)ccc2[C@@H]1c1cc(Br)ccc1OCc1ccc(Cl)cc1Cl. The number of aromatic hydroxyl groups is 1. The summed E-state index contributed by atoms with van der Waals surface area (Å²) in [6.07, 6.45) is 0. The number of nitriles is 1. The fourth-order valence-corrected chi connectivity index (χ4v) is 4.28. The summed E-state index contributed by atoms with van der Waals surface area (Å²) in [7, 11) is 0. The third kappa shape index (κ3) is 4.31. The Bertz CT molecular complexity index is 1250. The van der Waals surface area contributed by atoms with Crippen molar-refractivity contribution in [2.75, 3.05) is 0 Å². The van der Waals surface area contributed by atoms with Crippen LogP contribution in [-0.4, -0.2) is 5.11 Å². The van der Waals surface area contributed by atoms with Crippen molar-refractivity contribution in [3.05, 3.63) is 97.3 Å². The molecule has 0 fully saturated rings. The van der Waals surface area contributed by atoms with Crippen LogP contribution in [0.3, 0.4) is 0 Å². The van der Waals surface area contributed by atoms with E-state index in [2.05, 4.69) is 22.0 Å². The van der Waals surface area contributed by atoms with Gasteiger partial charge in [-0.1, -0.05) is 51.3 Å². The van der Waals surface area contributed by atoms with Gasteiger partial charge >= 0.3 is 0 Å². The zero-order valence-corrected chi connectivity index (χ0v) is 19.0. The lowest BCUT2D eigenvalue weighted by atomic mass is 9.83. The number of phenols is 1. The van der Waals surface area contributed by atoms with Crippen LogP contribution in [0.2, 0.25) is 10.0 Å². The predicted molar refractivity (Wildman–Crippen MR) is 122 cm³/mol. The topological polar surface area (TPSA) is 88.5 Å². The van der Waals surface area contributed by atoms with Crippen molar-refractivity contribution in [3.8, 4) is 23.3 Å². The summed E-state index contributed by atoms with van der Waals surface area (Å²) in [6.45, 7) is 0.206. The Kier molecular flexibility index (Phi) is 6.01. The minimum atomic E-state index is -0.539. The molecule has 0 saturated carbocycles. The number of allylic oxidation sites excluding steroid dienone is 1. The molecule has 0 bridgehead atoms. The lowest BCUT2D eigenvalue weighted by molar-refractivity contribution is 0.301. The molecule has 3 aromatic carbocycles. The minimum Gasteiger partial charge on any atom is -0.508 e. The van der Waals surface area contributed by atoms with Gasteiger partial charge in [0, 0.05) is 37.3 Å². The highest BCUT2D eigenvalue weighted by Gasteiger charge is 2.33. The van der Waals surface area contributed by atoms with Crippen molar-refractivity contribution in [2.24, 2.45) is 5.73 Å². The van der Waals surface area contributed by atoms with E-state index in [1.807, 2.05) is 18.2 Å². The fraction of sp³-hybridized carbons (Fsp3) is 0.0870. The number of rotatable bonds is 4. The summed E-state index contributed by atoms with van der Waals surface area (Å²) in [4.78, 5) is 0. The van der Waals surface area contributed by atoms with Crippen molar-refractivity contribution in [1.82, 2.24) is 0 Å². The van der Waals surface area contributed by atoms with Crippen molar-refractivity contribution in [2.45, 2.75) is 12.5 Å². The molecule has 3 N–H and O–H groups in total. The van der Waals surface area contributed by atoms with E-state index in [1.54, 1.807) is 24.3 Å². The lowest BCUT2D eigenvalue weighted by Gasteiger charge is -2.28. The van der Waals surface area contributed by atoms with E-state index in [0.29, 0.717) is 32.7 Å². The highest BCUT2D eigenvalue weighted by atomic mass is 79.9. The molecule has 0 aliphatic carbocycles. The van der Waals surface area contributed by atoms with E-state index in [0.717, 1.165) is 10.0 Å². The molecule has 0 unspecified atom stereocenters. The van der Waals surface area contributed by atoms with E-state index in [9.17, 15) is 10.4 Å². The number of halogens is 3. The molecule has 31 heavy (non-hydrogen) atoms. The Labute approximate surface area is 197 Å². The van der Waals surface area contributed by atoms with Gasteiger partial charge in [0.05, 0.1) is 5.92 Å². The second kappa shape index (κ2) is 8.72. The molecule has 0 spiro atoms. The maximum Gasteiger partial charge on any atom is 0.205 e. The van der Waals surface area contributed by atoms with E-state index in [4.69, 9.17) is 38.4 Å². The molecule has 0 saturated heterocycles. The maximum absolute atomic E-state index is 9.85. The van der Waals surface area contributed by atoms with Crippen LogP contribution in [0.25, 0.3) is 0 Å². The van der Waals surface area contributed by atoms with E-state index in [1.165, 1.54) is 12.1 Å². The maximum atomic E-state index is 9.85. The lowest BCUT2D eigenvalue weighted by Crippen LogP contribution is -2.21. The van der Waals surface area contributed by atoms with Gasteiger partial charge in [0.2, 0.25) is 5.88 Å². The molecule has 0 radical (unpaired) electrons. The Morgan fingerprint density at radius 1 is 1.10 bits per heavy atom. The van der Waals surface area contributed by atoms with Crippen LogP contribution in [0.1, 0.15) is 22.6 Å². The second-order valence-corrected chi connectivity index (χ2v) is 8.61. The fourth-order valence-electron chi connectivity index (χ4n) is 3.43. The number of phenolic OH excluding ortho intramolecular Hbond substituents is 1. The molecule has 1 aliphatic heterocycles. The summed E-state index contributed by atoms with van der Waals surface area (Å²) < 4.78 is 12.5. The zero-order chi connectivity index (χ0) is 22.1. The van der Waals surface area contributed by atoms with Crippen molar-refractivity contribution in [1.29, 1.82) is 5.26 Å². The van der Waals surface area contributed by atoms with Crippen LogP contribution in [-0.2, 0) is 6.61 Å². The smallest absolute Gasteiger partial charge is 0.205 e. The molecular formula is C23H15BrCl2N2O3. The molecule has 156 valence electrons. The Hall–Kier alpha value is -2.85. The van der Waals surface area contributed by atoms with Crippen LogP contribution in [0.4, 0.5) is 0 Å². The number of nitrogens with two attached hydrogens (primary N) is 1. The molecular weight excluding hydrogens is 503 g/mol.